The number of hydrogen-bond donors (Lipinski definition) is 2. The van der Waals surface area contributed by atoms with Crippen molar-refractivity contribution in [2.75, 3.05) is 12.3 Å². The zero-order valence-electron chi connectivity index (χ0n) is 8.26. The van der Waals surface area contributed by atoms with Crippen molar-refractivity contribution >= 4 is 29.3 Å². The zero-order valence-corrected chi connectivity index (χ0v) is 9.07. The van der Waals surface area contributed by atoms with E-state index in [1.54, 1.807) is 12.5 Å². The van der Waals surface area contributed by atoms with Crippen LogP contribution in [0, 0.1) is 0 Å². The Morgan fingerprint density at radius 1 is 1.33 bits per heavy atom. The lowest BCUT2D eigenvalue weighted by Gasteiger charge is -2.02. The highest BCUT2D eigenvalue weighted by molar-refractivity contribution is 5.85. The van der Waals surface area contributed by atoms with Gasteiger partial charge in [0.25, 0.3) is 0 Å². The molecule has 6 heteroatoms. The smallest absolute Gasteiger partial charge is 0.151 e. The van der Waals surface area contributed by atoms with Gasteiger partial charge in [0.05, 0.1) is 11.8 Å². The summed E-state index contributed by atoms with van der Waals surface area (Å²) >= 11 is 0. The molecular weight excluding hydrogens is 214 g/mol. The number of hydrogen-bond acceptors (Lipinski definition) is 4. The van der Waals surface area contributed by atoms with Gasteiger partial charge >= 0.3 is 0 Å². The van der Waals surface area contributed by atoms with Crippen molar-refractivity contribution in [1.29, 1.82) is 0 Å². The van der Waals surface area contributed by atoms with E-state index in [0.717, 1.165) is 24.0 Å². The first kappa shape index (κ1) is 11.7. The summed E-state index contributed by atoms with van der Waals surface area (Å²) in [5, 5.41) is 0. The van der Waals surface area contributed by atoms with Gasteiger partial charge in [0.1, 0.15) is 5.52 Å². The Kier molecular flexibility index (Phi) is 3.88. The molecule has 0 bridgehead atoms. The van der Waals surface area contributed by atoms with E-state index < -0.39 is 0 Å². The Morgan fingerprint density at radius 3 is 2.87 bits per heavy atom. The fraction of sp³-hybridized carbons (Fsp3) is 0.333. The second-order valence-corrected chi connectivity index (χ2v) is 3.14. The summed E-state index contributed by atoms with van der Waals surface area (Å²) in [6, 6.07) is 1.91. The van der Waals surface area contributed by atoms with Crippen LogP contribution in [-0.2, 0) is 6.54 Å². The third kappa shape index (κ3) is 2.19. The van der Waals surface area contributed by atoms with E-state index in [4.69, 9.17) is 11.5 Å². The van der Waals surface area contributed by atoms with Crippen molar-refractivity contribution in [2.24, 2.45) is 5.73 Å². The molecule has 0 radical (unpaired) electrons. The van der Waals surface area contributed by atoms with Crippen LogP contribution >= 0.6 is 12.4 Å². The quantitative estimate of drug-likeness (QED) is 0.812. The topological polar surface area (TPSA) is 82.8 Å². The van der Waals surface area contributed by atoms with Gasteiger partial charge in [-0.15, -0.1) is 12.4 Å². The van der Waals surface area contributed by atoms with Crippen molar-refractivity contribution in [3.63, 3.8) is 0 Å². The maximum absolute atomic E-state index is 5.69. The van der Waals surface area contributed by atoms with Gasteiger partial charge in [-0.25, -0.2) is 9.97 Å². The summed E-state index contributed by atoms with van der Waals surface area (Å²) in [6.07, 6.45) is 4.41. The Morgan fingerprint density at radius 2 is 2.13 bits per heavy atom. The lowest BCUT2D eigenvalue weighted by molar-refractivity contribution is 0.666. The molecule has 0 saturated heterocycles. The van der Waals surface area contributed by atoms with Crippen molar-refractivity contribution in [3.8, 4) is 0 Å². The van der Waals surface area contributed by atoms with E-state index in [2.05, 4.69) is 9.97 Å². The number of fused-ring (bicyclic) bond motifs is 1. The molecule has 0 aliphatic rings. The molecule has 0 amide bonds. The molecule has 82 valence electrons. The molecule has 5 nitrogen and oxygen atoms in total. The number of pyridine rings is 1. The maximum atomic E-state index is 5.69. The highest BCUT2D eigenvalue weighted by Gasteiger charge is 2.04. The van der Waals surface area contributed by atoms with Crippen LogP contribution in [0.4, 0.5) is 5.82 Å². The second-order valence-electron chi connectivity index (χ2n) is 3.14. The van der Waals surface area contributed by atoms with Gasteiger partial charge in [-0.2, -0.15) is 0 Å². The number of halogens is 1. The number of anilines is 1. The van der Waals surface area contributed by atoms with Crippen molar-refractivity contribution in [1.82, 2.24) is 14.5 Å². The molecule has 0 aliphatic carbocycles. The summed E-state index contributed by atoms with van der Waals surface area (Å²) in [6.45, 7) is 1.55. The van der Waals surface area contributed by atoms with Crippen LogP contribution in [0.15, 0.2) is 18.6 Å². The number of nitrogens with two attached hydrogens (primary N) is 2. The molecule has 2 aromatic rings. The molecule has 0 saturated carbocycles. The van der Waals surface area contributed by atoms with Crippen LogP contribution in [0.3, 0.4) is 0 Å². The molecule has 15 heavy (non-hydrogen) atoms. The van der Waals surface area contributed by atoms with E-state index >= 15 is 0 Å². The molecule has 2 rings (SSSR count). The molecule has 0 unspecified atom stereocenters. The van der Waals surface area contributed by atoms with Gasteiger partial charge in [-0.1, -0.05) is 0 Å². The Labute approximate surface area is 93.9 Å². The van der Waals surface area contributed by atoms with Gasteiger partial charge in [0.2, 0.25) is 0 Å². The van der Waals surface area contributed by atoms with Gasteiger partial charge < -0.3 is 16.0 Å². The molecule has 2 heterocycles. The largest absolute Gasteiger partial charge is 0.382 e. The number of rotatable bonds is 3. The lowest BCUT2D eigenvalue weighted by Crippen LogP contribution is -2.04. The summed E-state index contributed by atoms with van der Waals surface area (Å²) < 4.78 is 2.04. The number of aromatic nitrogens is 3. The first-order valence-corrected chi connectivity index (χ1v) is 4.58. The van der Waals surface area contributed by atoms with Gasteiger partial charge in [0.15, 0.2) is 5.82 Å². The number of nitrogen functional groups attached to an aromatic ring is 1. The minimum atomic E-state index is 0. The summed E-state index contributed by atoms with van der Waals surface area (Å²) in [5.41, 5.74) is 12.9. The maximum Gasteiger partial charge on any atom is 0.151 e. The summed E-state index contributed by atoms with van der Waals surface area (Å²) in [7, 11) is 0. The van der Waals surface area contributed by atoms with Crippen molar-refractivity contribution in [3.05, 3.63) is 18.6 Å². The lowest BCUT2D eigenvalue weighted by atomic mass is 10.3. The van der Waals surface area contributed by atoms with Crippen molar-refractivity contribution in [2.45, 2.75) is 13.0 Å². The van der Waals surface area contributed by atoms with E-state index in [-0.39, 0.29) is 12.4 Å². The molecule has 2 aromatic heterocycles. The van der Waals surface area contributed by atoms with Gasteiger partial charge in [-0.05, 0) is 19.0 Å². The predicted molar refractivity (Wildman–Crippen MR) is 62.9 cm³/mol. The Bertz CT molecular complexity index is 439. The molecule has 4 N–H and O–H groups in total. The van der Waals surface area contributed by atoms with E-state index in [9.17, 15) is 0 Å². The minimum absolute atomic E-state index is 0. The summed E-state index contributed by atoms with van der Waals surface area (Å²) in [5.74, 6) is 0.481. The average Bonchev–Trinajstić information content (AvgIpc) is 2.60. The first-order valence-electron chi connectivity index (χ1n) is 4.58. The molecule has 0 aromatic carbocycles. The monoisotopic (exact) mass is 227 g/mol. The number of aryl methyl sites for hydroxylation is 1. The van der Waals surface area contributed by atoms with Gasteiger partial charge in [0, 0.05) is 12.7 Å². The van der Waals surface area contributed by atoms with Crippen LogP contribution in [0.25, 0.3) is 11.0 Å². The third-order valence-electron chi connectivity index (χ3n) is 2.17. The van der Waals surface area contributed by atoms with E-state index in [0.29, 0.717) is 12.4 Å². The van der Waals surface area contributed by atoms with Gasteiger partial charge in [-0.3, -0.25) is 0 Å². The third-order valence-corrected chi connectivity index (χ3v) is 2.17. The second kappa shape index (κ2) is 4.95. The van der Waals surface area contributed by atoms with Crippen LogP contribution in [0.2, 0.25) is 0 Å². The number of imidazole rings is 1. The van der Waals surface area contributed by atoms with Crippen LogP contribution < -0.4 is 11.5 Å². The predicted octanol–water partition coefficient (Wildman–Crippen LogP) is 0.784. The minimum Gasteiger partial charge on any atom is -0.382 e. The highest BCUT2D eigenvalue weighted by atomic mass is 35.5. The first-order chi connectivity index (χ1) is 6.83. The van der Waals surface area contributed by atoms with Crippen molar-refractivity contribution < 1.29 is 0 Å². The normalized spacial score (nSPS) is 10.2. The fourth-order valence-electron chi connectivity index (χ4n) is 1.45. The fourth-order valence-corrected chi connectivity index (χ4v) is 1.45. The van der Waals surface area contributed by atoms with Crippen LogP contribution in [0.5, 0.6) is 0 Å². The van der Waals surface area contributed by atoms with Crippen LogP contribution in [-0.4, -0.2) is 21.1 Å². The zero-order chi connectivity index (χ0) is 9.97. The average molecular weight is 228 g/mol. The summed E-state index contributed by atoms with van der Waals surface area (Å²) in [4.78, 5) is 8.18. The SMILES string of the molecule is Cl.NCCCn1cnc2c(N)nccc21. The molecule has 0 aliphatic heterocycles. The molecular formula is C9H14ClN5. The standard InChI is InChI=1S/C9H13N5.ClH/c10-3-1-5-14-6-13-8-7(14)2-4-12-9(8)11;/h2,4,6H,1,3,5,10H2,(H2,11,12);1H. The number of nitrogens with zero attached hydrogens (tertiary/aromatic N) is 3. The Hall–Kier alpha value is -1.33. The van der Waals surface area contributed by atoms with E-state index in [1.807, 2.05) is 10.6 Å². The molecule has 0 fully saturated rings. The molecule has 0 spiro atoms. The highest BCUT2D eigenvalue weighted by Crippen LogP contribution is 2.16. The van der Waals surface area contributed by atoms with Crippen LogP contribution in [0.1, 0.15) is 6.42 Å². The Balaban J connectivity index is 0.00000112. The molecule has 0 atom stereocenters. The van der Waals surface area contributed by atoms with E-state index in [1.165, 1.54) is 0 Å².